The second-order valence-electron chi connectivity index (χ2n) is 11.1. The number of primary amides is 1. The maximum atomic E-state index is 13.4. The number of aromatic nitrogens is 1. The van der Waals surface area contributed by atoms with Crippen molar-refractivity contribution in [2.24, 2.45) is 11.5 Å². The number of carbonyl (C=O) groups excluding carboxylic acids is 3. The van der Waals surface area contributed by atoms with Gasteiger partial charge in [0.2, 0.25) is 0 Å². The maximum absolute atomic E-state index is 13.4. The van der Waals surface area contributed by atoms with Crippen LogP contribution in [-0.4, -0.2) is 36.8 Å². The third-order valence-corrected chi connectivity index (χ3v) is 7.93. The molecule has 6 rings (SSSR count). The molecule has 0 radical (unpaired) electrons. The standard InChI is InChI=1S/C36H31FN6O3/c1-43(2)24-6-3-5-23(18-24)40-36(46)21-11-14-27-31(17-21)41-33-28(34(39)44)16-15-26(32(27)33)25-7-4-8-30(29(25)19-38)42-35(45)20-9-12-22(37)13-10-20/h3-18,41H,19,38H2,1-2H3,(H2,39,44)(H,40,46)(H,42,45). The fourth-order valence-corrected chi connectivity index (χ4v) is 5.62. The Morgan fingerprint density at radius 3 is 2.24 bits per heavy atom. The quantitative estimate of drug-likeness (QED) is 0.137. The molecule has 3 amide bonds. The molecular weight excluding hydrogens is 583 g/mol. The number of benzene rings is 5. The van der Waals surface area contributed by atoms with E-state index in [0.717, 1.165) is 22.2 Å². The number of H-pyrrole nitrogens is 1. The number of anilines is 3. The van der Waals surface area contributed by atoms with Crippen molar-refractivity contribution in [2.75, 3.05) is 29.6 Å². The number of hydrogen-bond acceptors (Lipinski definition) is 5. The van der Waals surface area contributed by atoms with Gasteiger partial charge in [0.1, 0.15) is 5.82 Å². The molecule has 7 N–H and O–H groups in total. The van der Waals surface area contributed by atoms with Crippen LogP contribution in [0.25, 0.3) is 32.9 Å². The molecule has 1 heterocycles. The highest BCUT2D eigenvalue weighted by molar-refractivity contribution is 6.21. The Balaban J connectivity index is 1.43. The van der Waals surface area contributed by atoms with Crippen molar-refractivity contribution in [2.45, 2.75) is 6.54 Å². The van der Waals surface area contributed by atoms with E-state index in [1.165, 1.54) is 24.3 Å². The highest BCUT2D eigenvalue weighted by Crippen LogP contribution is 2.39. The van der Waals surface area contributed by atoms with Crippen molar-refractivity contribution >= 4 is 56.6 Å². The normalized spacial score (nSPS) is 11.0. The fraction of sp³-hybridized carbons (Fsp3) is 0.0833. The van der Waals surface area contributed by atoms with E-state index < -0.39 is 17.6 Å². The summed E-state index contributed by atoms with van der Waals surface area (Å²) in [5.74, 6) is -1.75. The van der Waals surface area contributed by atoms with Gasteiger partial charge in [-0.25, -0.2) is 4.39 Å². The molecule has 5 aromatic carbocycles. The highest BCUT2D eigenvalue weighted by atomic mass is 19.1. The minimum absolute atomic E-state index is 0.0932. The van der Waals surface area contributed by atoms with Crippen molar-refractivity contribution in [3.05, 3.63) is 125 Å². The van der Waals surface area contributed by atoms with Crippen LogP contribution in [-0.2, 0) is 6.54 Å². The molecule has 0 saturated heterocycles. The second kappa shape index (κ2) is 12.2. The predicted molar refractivity (Wildman–Crippen MR) is 181 cm³/mol. The monoisotopic (exact) mass is 614 g/mol. The minimum atomic E-state index is -0.610. The van der Waals surface area contributed by atoms with Gasteiger partial charge in [0.25, 0.3) is 17.7 Å². The second-order valence-corrected chi connectivity index (χ2v) is 11.1. The summed E-state index contributed by atoms with van der Waals surface area (Å²) in [6, 6.07) is 27.0. The number of nitrogens with zero attached hydrogens (tertiary/aromatic N) is 1. The van der Waals surface area contributed by atoms with Gasteiger partial charge >= 0.3 is 0 Å². The molecule has 0 saturated carbocycles. The van der Waals surface area contributed by atoms with Gasteiger partial charge in [0.05, 0.1) is 11.1 Å². The molecule has 46 heavy (non-hydrogen) atoms. The van der Waals surface area contributed by atoms with Crippen LogP contribution in [0.2, 0.25) is 0 Å². The first-order valence-corrected chi connectivity index (χ1v) is 14.5. The van der Waals surface area contributed by atoms with E-state index in [1.54, 1.807) is 36.4 Å². The number of fused-ring (bicyclic) bond motifs is 3. The molecule has 0 fully saturated rings. The number of nitrogens with one attached hydrogen (secondary N) is 3. The van der Waals surface area contributed by atoms with E-state index in [9.17, 15) is 18.8 Å². The van der Waals surface area contributed by atoms with Crippen LogP contribution in [0, 0.1) is 5.82 Å². The van der Waals surface area contributed by atoms with E-state index in [0.29, 0.717) is 44.5 Å². The molecule has 0 spiro atoms. The van der Waals surface area contributed by atoms with Gasteiger partial charge in [-0.15, -0.1) is 0 Å². The van der Waals surface area contributed by atoms with Gasteiger partial charge in [0.15, 0.2) is 0 Å². The Morgan fingerprint density at radius 1 is 0.804 bits per heavy atom. The van der Waals surface area contributed by atoms with Crippen LogP contribution in [0.15, 0.2) is 97.1 Å². The molecule has 10 heteroatoms. The summed E-state index contributed by atoms with van der Waals surface area (Å²) in [5, 5.41) is 7.33. The van der Waals surface area contributed by atoms with Gasteiger partial charge in [0, 0.05) is 65.1 Å². The van der Waals surface area contributed by atoms with Crippen molar-refractivity contribution in [1.82, 2.24) is 4.98 Å². The zero-order chi connectivity index (χ0) is 32.5. The molecule has 0 aliphatic rings. The average molecular weight is 615 g/mol. The van der Waals surface area contributed by atoms with Gasteiger partial charge in [-0.05, 0) is 83.4 Å². The van der Waals surface area contributed by atoms with Crippen molar-refractivity contribution < 1.29 is 18.8 Å². The van der Waals surface area contributed by atoms with Gasteiger partial charge < -0.3 is 32.0 Å². The summed E-state index contributed by atoms with van der Waals surface area (Å²) >= 11 is 0. The number of amides is 3. The van der Waals surface area contributed by atoms with Crippen molar-refractivity contribution in [1.29, 1.82) is 0 Å². The predicted octanol–water partition coefficient (Wildman–Crippen LogP) is 6.26. The topological polar surface area (TPSA) is 146 Å². The van der Waals surface area contributed by atoms with E-state index in [-0.39, 0.29) is 18.0 Å². The number of hydrogen-bond donors (Lipinski definition) is 5. The highest BCUT2D eigenvalue weighted by Gasteiger charge is 2.21. The first-order chi connectivity index (χ1) is 22.1. The number of nitrogens with two attached hydrogens (primary N) is 2. The summed E-state index contributed by atoms with van der Waals surface area (Å²) in [6.07, 6.45) is 0. The Labute approximate surface area is 264 Å². The third kappa shape index (κ3) is 5.64. The lowest BCUT2D eigenvalue weighted by Crippen LogP contribution is -2.15. The number of carbonyl (C=O) groups is 3. The molecule has 1 aromatic heterocycles. The van der Waals surface area contributed by atoms with Crippen LogP contribution < -0.4 is 27.0 Å². The smallest absolute Gasteiger partial charge is 0.255 e. The van der Waals surface area contributed by atoms with Gasteiger partial charge in [-0.2, -0.15) is 0 Å². The summed E-state index contributed by atoms with van der Waals surface area (Å²) in [4.78, 5) is 44.0. The molecule has 9 nitrogen and oxygen atoms in total. The molecule has 0 atom stereocenters. The molecule has 0 aliphatic carbocycles. The van der Waals surface area contributed by atoms with Crippen LogP contribution in [0.4, 0.5) is 21.5 Å². The van der Waals surface area contributed by atoms with E-state index in [1.807, 2.05) is 55.4 Å². The van der Waals surface area contributed by atoms with E-state index >= 15 is 0 Å². The lowest BCUT2D eigenvalue weighted by molar-refractivity contribution is 0.0997. The average Bonchev–Trinajstić information content (AvgIpc) is 3.43. The molecule has 0 bridgehead atoms. The zero-order valence-corrected chi connectivity index (χ0v) is 25.1. The van der Waals surface area contributed by atoms with E-state index in [2.05, 4.69) is 15.6 Å². The summed E-state index contributed by atoms with van der Waals surface area (Å²) in [5.41, 5.74) is 18.4. The summed E-state index contributed by atoms with van der Waals surface area (Å²) in [7, 11) is 3.85. The van der Waals surface area contributed by atoms with Crippen molar-refractivity contribution in [3.63, 3.8) is 0 Å². The van der Waals surface area contributed by atoms with Gasteiger partial charge in [-0.3, -0.25) is 14.4 Å². The lowest BCUT2D eigenvalue weighted by atomic mass is 9.92. The molecule has 0 aliphatic heterocycles. The van der Waals surface area contributed by atoms with Crippen molar-refractivity contribution in [3.8, 4) is 11.1 Å². The fourth-order valence-electron chi connectivity index (χ4n) is 5.62. The molecule has 230 valence electrons. The minimum Gasteiger partial charge on any atom is -0.378 e. The number of aromatic amines is 1. The van der Waals surface area contributed by atoms with Crippen LogP contribution in [0.1, 0.15) is 36.6 Å². The molecule has 6 aromatic rings. The number of rotatable bonds is 8. The van der Waals surface area contributed by atoms with Gasteiger partial charge in [-0.1, -0.05) is 30.3 Å². The largest absolute Gasteiger partial charge is 0.378 e. The SMILES string of the molecule is CN(C)c1cccc(NC(=O)c2ccc3c(c2)[nH]c2c(C(N)=O)ccc(-c4cccc(NC(=O)c5ccc(F)cc5)c4CN)c23)c1. The molecular formula is C36H31FN6O3. The Morgan fingerprint density at radius 2 is 1.52 bits per heavy atom. The Kier molecular flexibility index (Phi) is 7.95. The summed E-state index contributed by atoms with van der Waals surface area (Å²) < 4.78 is 13.4. The Bertz CT molecular complexity index is 2150. The first kappa shape index (κ1) is 30.0. The molecule has 0 unspecified atom stereocenters. The Hall–Kier alpha value is -6.00. The zero-order valence-electron chi connectivity index (χ0n) is 25.1. The van der Waals surface area contributed by atoms with Crippen LogP contribution in [0.5, 0.6) is 0 Å². The first-order valence-electron chi connectivity index (χ1n) is 14.5. The lowest BCUT2D eigenvalue weighted by Gasteiger charge is -2.16. The third-order valence-electron chi connectivity index (χ3n) is 7.93. The van der Waals surface area contributed by atoms with Crippen LogP contribution >= 0.6 is 0 Å². The summed E-state index contributed by atoms with van der Waals surface area (Å²) in [6.45, 7) is 0.0932. The maximum Gasteiger partial charge on any atom is 0.255 e. The van der Waals surface area contributed by atoms with E-state index in [4.69, 9.17) is 11.5 Å². The van der Waals surface area contributed by atoms with Crippen LogP contribution in [0.3, 0.4) is 0 Å². The number of halogens is 1.